The average molecular weight is 387 g/mol. The Morgan fingerprint density at radius 3 is 2.56 bits per heavy atom. The summed E-state index contributed by atoms with van der Waals surface area (Å²) in [6, 6.07) is 11.6. The first kappa shape index (κ1) is 18.0. The highest BCUT2D eigenvalue weighted by Gasteiger charge is 2.70. The van der Waals surface area contributed by atoms with E-state index in [0.717, 1.165) is 44.9 Å². The van der Waals surface area contributed by atoms with Gasteiger partial charge in [0.05, 0.1) is 5.41 Å². The van der Waals surface area contributed by atoms with Crippen molar-refractivity contribution in [3.63, 3.8) is 0 Å². The van der Waals surface area contributed by atoms with Gasteiger partial charge in [0.2, 0.25) is 5.91 Å². The van der Waals surface area contributed by atoms with Crippen LogP contribution in [0.4, 0.5) is 0 Å². The molecule has 5 unspecified atom stereocenters. The molecule has 1 aromatic carbocycles. The fourth-order valence-corrected chi connectivity index (χ4v) is 7.80. The number of nitrogens with two attached hydrogens (primary N) is 1. The number of hydrogen-bond donors (Lipinski definition) is 2. The van der Waals surface area contributed by atoms with Crippen LogP contribution in [0.25, 0.3) is 0 Å². The number of carbonyl (C=O) groups excluding carboxylic acids is 1. The van der Waals surface area contributed by atoms with Crippen molar-refractivity contribution in [2.45, 2.75) is 68.9 Å². The summed E-state index contributed by atoms with van der Waals surface area (Å²) < 4.78 is 0. The van der Waals surface area contributed by atoms with E-state index in [4.69, 9.17) is 17.3 Å². The fourth-order valence-electron chi connectivity index (χ4n) is 7.33. The van der Waals surface area contributed by atoms with Crippen molar-refractivity contribution in [3.8, 4) is 0 Å². The van der Waals surface area contributed by atoms with Crippen LogP contribution in [-0.2, 0) is 10.2 Å². The van der Waals surface area contributed by atoms with Crippen LogP contribution in [-0.4, -0.2) is 23.9 Å². The highest BCUT2D eigenvalue weighted by atomic mass is 35.5. The molecule has 5 aliphatic rings. The molecule has 1 aromatic rings. The van der Waals surface area contributed by atoms with E-state index in [1.165, 1.54) is 12.0 Å². The molecule has 5 aliphatic carbocycles. The fraction of sp³-hybridized carbons (Fsp3) is 0.696. The second-order valence-electron chi connectivity index (χ2n) is 9.86. The molecule has 3 nitrogen and oxygen atoms in total. The van der Waals surface area contributed by atoms with E-state index in [2.05, 4.69) is 35.6 Å². The molecule has 5 saturated carbocycles. The van der Waals surface area contributed by atoms with E-state index < -0.39 is 0 Å². The van der Waals surface area contributed by atoms with Crippen molar-refractivity contribution in [2.75, 3.05) is 5.88 Å². The average Bonchev–Trinajstić information content (AvgIpc) is 3.06. The molecule has 5 fully saturated rings. The molecular formula is C23H31ClN2O. The monoisotopic (exact) mass is 386 g/mol. The van der Waals surface area contributed by atoms with Crippen LogP contribution in [0.2, 0.25) is 0 Å². The van der Waals surface area contributed by atoms with Gasteiger partial charge in [-0.05, 0) is 80.1 Å². The molecule has 0 saturated heterocycles. The first-order chi connectivity index (χ1) is 13.1. The van der Waals surface area contributed by atoms with E-state index in [1.807, 2.05) is 0 Å². The molecule has 5 atom stereocenters. The first-order valence-corrected chi connectivity index (χ1v) is 11.3. The molecular weight excluding hydrogens is 356 g/mol. The van der Waals surface area contributed by atoms with Crippen LogP contribution in [0.1, 0.15) is 56.9 Å². The van der Waals surface area contributed by atoms with Gasteiger partial charge in [0.25, 0.3) is 0 Å². The Bertz CT molecular complexity index is 716. The minimum absolute atomic E-state index is 0.184. The number of carbonyl (C=O) groups is 1. The summed E-state index contributed by atoms with van der Waals surface area (Å²) in [5.41, 5.74) is 7.47. The van der Waals surface area contributed by atoms with Gasteiger partial charge < -0.3 is 11.1 Å². The highest BCUT2D eigenvalue weighted by molar-refractivity contribution is 6.18. The summed E-state index contributed by atoms with van der Waals surface area (Å²) in [4.78, 5) is 13.6. The largest absolute Gasteiger partial charge is 0.353 e. The van der Waals surface area contributed by atoms with Crippen molar-refractivity contribution in [3.05, 3.63) is 35.9 Å². The minimum atomic E-state index is -0.197. The maximum absolute atomic E-state index is 13.6. The van der Waals surface area contributed by atoms with Crippen molar-refractivity contribution in [1.29, 1.82) is 0 Å². The van der Waals surface area contributed by atoms with Crippen LogP contribution in [0.15, 0.2) is 30.3 Å². The summed E-state index contributed by atoms with van der Waals surface area (Å²) in [5.74, 6) is 2.58. The van der Waals surface area contributed by atoms with E-state index in [0.29, 0.717) is 41.6 Å². The quantitative estimate of drug-likeness (QED) is 0.769. The molecule has 0 radical (unpaired) electrons. The Labute approximate surface area is 167 Å². The maximum Gasteiger partial charge on any atom is 0.226 e. The third-order valence-electron chi connectivity index (χ3n) is 8.50. The van der Waals surface area contributed by atoms with Gasteiger partial charge in [0.15, 0.2) is 0 Å². The van der Waals surface area contributed by atoms with Gasteiger partial charge >= 0.3 is 0 Å². The Kier molecular flexibility index (Phi) is 4.32. The number of halogens is 1. The molecule has 3 N–H and O–H groups in total. The number of hydrogen-bond acceptors (Lipinski definition) is 2. The summed E-state index contributed by atoms with van der Waals surface area (Å²) in [5, 5.41) is 3.46. The number of amides is 1. The standard InChI is InChI=1S/C23H31ClN2O/c24-13-19-15-10-22(16-4-2-1-3-5-16)12-20(19)23(11-15,14-22)21(27)26-18-8-6-17(25)7-9-18/h1-5,15,17-20H,6-14,25H2,(H,26,27). The maximum atomic E-state index is 13.6. The summed E-state index contributed by atoms with van der Waals surface area (Å²) in [6.07, 6.45) is 8.51. The lowest BCUT2D eigenvalue weighted by Crippen LogP contribution is -2.49. The Morgan fingerprint density at radius 2 is 1.85 bits per heavy atom. The Morgan fingerprint density at radius 1 is 1.11 bits per heavy atom. The van der Waals surface area contributed by atoms with E-state index in [-0.39, 0.29) is 10.8 Å². The van der Waals surface area contributed by atoms with Gasteiger partial charge in [0.1, 0.15) is 0 Å². The summed E-state index contributed by atoms with van der Waals surface area (Å²) in [7, 11) is 0. The third-order valence-corrected chi connectivity index (χ3v) is 8.86. The lowest BCUT2D eigenvalue weighted by Gasteiger charge is -2.43. The summed E-state index contributed by atoms with van der Waals surface area (Å²) in [6.45, 7) is 0. The Balaban J connectivity index is 1.42. The topological polar surface area (TPSA) is 55.1 Å². The van der Waals surface area contributed by atoms with Crippen molar-refractivity contribution in [1.82, 2.24) is 5.32 Å². The van der Waals surface area contributed by atoms with E-state index in [1.54, 1.807) is 0 Å². The minimum Gasteiger partial charge on any atom is -0.353 e. The van der Waals surface area contributed by atoms with Crippen LogP contribution in [0.3, 0.4) is 0 Å². The lowest BCUT2D eigenvalue weighted by atomic mass is 9.62. The molecule has 0 aromatic heterocycles. The van der Waals surface area contributed by atoms with Crippen LogP contribution >= 0.6 is 11.6 Å². The van der Waals surface area contributed by atoms with Crippen LogP contribution < -0.4 is 11.1 Å². The molecule has 4 heteroatoms. The van der Waals surface area contributed by atoms with Gasteiger partial charge in [-0.2, -0.15) is 0 Å². The van der Waals surface area contributed by atoms with Crippen molar-refractivity contribution >= 4 is 17.5 Å². The molecule has 0 heterocycles. The molecule has 6 rings (SSSR count). The molecule has 0 aliphatic heterocycles. The molecule has 1 amide bonds. The number of benzene rings is 1. The SMILES string of the molecule is NC1CCC(NC(=O)C23CC4CC(c5ccccc5)(CC2C4CCl)C3)CC1. The number of nitrogens with one attached hydrogen (secondary N) is 1. The summed E-state index contributed by atoms with van der Waals surface area (Å²) >= 11 is 6.41. The first-order valence-electron chi connectivity index (χ1n) is 10.7. The van der Waals surface area contributed by atoms with Crippen molar-refractivity contribution in [2.24, 2.45) is 28.9 Å². The number of alkyl halides is 1. The lowest BCUT2D eigenvalue weighted by molar-refractivity contribution is -0.134. The van der Waals surface area contributed by atoms with Crippen LogP contribution in [0, 0.1) is 23.2 Å². The van der Waals surface area contributed by atoms with Gasteiger partial charge in [-0.15, -0.1) is 11.6 Å². The zero-order chi connectivity index (χ0) is 18.6. The van der Waals surface area contributed by atoms with Gasteiger partial charge in [-0.25, -0.2) is 0 Å². The van der Waals surface area contributed by atoms with Crippen LogP contribution in [0.5, 0.6) is 0 Å². The predicted molar refractivity (Wildman–Crippen MR) is 109 cm³/mol. The van der Waals surface area contributed by atoms with Crippen molar-refractivity contribution < 1.29 is 4.79 Å². The molecule has 4 bridgehead atoms. The zero-order valence-corrected chi connectivity index (χ0v) is 16.8. The molecule has 0 spiro atoms. The van der Waals surface area contributed by atoms with Gasteiger partial charge in [-0.1, -0.05) is 30.3 Å². The smallest absolute Gasteiger partial charge is 0.226 e. The normalized spacial score (nSPS) is 45.2. The second-order valence-corrected chi connectivity index (χ2v) is 10.2. The Hall–Kier alpha value is -1.06. The van der Waals surface area contributed by atoms with E-state index >= 15 is 0 Å². The highest BCUT2D eigenvalue weighted by Crippen LogP contribution is 2.72. The predicted octanol–water partition coefficient (Wildman–Crippen LogP) is 3.99. The zero-order valence-electron chi connectivity index (χ0n) is 16.0. The second kappa shape index (κ2) is 6.49. The molecule has 27 heavy (non-hydrogen) atoms. The third kappa shape index (κ3) is 2.68. The van der Waals surface area contributed by atoms with Gasteiger partial charge in [0, 0.05) is 18.0 Å². The van der Waals surface area contributed by atoms with Gasteiger partial charge in [-0.3, -0.25) is 4.79 Å². The molecule has 146 valence electrons. The van der Waals surface area contributed by atoms with E-state index in [9.17, 15) is 4.79 Å². The number of rotatable bonds is 4.